The molecule has 0 aromatic carbocycles. The van der Waals surface area contributed by atoms with Crippen molar-refractivity contribution >= 4 is 5.69 Å². The molecule has 0 spiro atoms. The smallest absolute Gasteiger partial charge is 0.114 e. The monoisotopic (exact) mass is 176 g/mol. The van der Waals surface area contributed by atoms with E-state index in [-0.39, 0.29) is 0 Å². The fourth-order valence-electron chi connectivity index (χ4n) is 1.54. The van der Waals surface area contributed by atoms with Gasteiger partial charge in [-0.3, -0.25) is 4.98 Å². The SMILES string of the molecule is CN1CCN(c2[c]nccc2)CC1. The third-order valence-corrected chi connectivity index (χ3v) is 2.44. The lowest BCUT2D eigenvalue weighted by atomic mass is 10.3. The van der Waals surface area contributed by atoms with Gasteiger partial charge in [-0.25, -0.2) is 0 Å². The van der Waals surface area contributed by atoms with Crippen molar-refractivity contribution in [2.24, 2.45) is 0 Å². The first kappa shape index (κ1) is 8.51. The Balaban J connectivity index is 2.03. The molecule has 0 aliphatic carbocycles. The van der Waals surface area contributed by atoms with Crippen LogP contribution in [0.25, 0.3) is 0 Å². The Labute approximate surface area is 79.0 Å². The molecule has 1 fully saturated rings. The molecule has 0 N–H and O–H groups in total. The number of hydrogen-bond donors (Lipinski definition) is 0. The van der Waals surface area contributed by atoms with Gasteiger partial charge in [0, 0.05) is 32.4 Å². The van der Waals surface area contributed by atoms with E-state index < -0.39 is 0 Å². The highest BCUT2D eigenvalue weighted by atomic mass is 15.2. The van der Waals surface area contributed by atoms with Crippen LogP contribution < -0.4 is 4.90 Å². The van der Waals surface area contributed by atoms with Crippen LogP contribution in [-0.2, 0) is 0 Å². The summed E-state index contributed by atoms with van der Waals surface area (Å²) in [5, 5.41) is 0. The molecular formula is C10H14N3. The van der Waals surface area contributed by atoms with E-state index in [4.69, 9.17) is 0 Å². The zero-order chi connectivity index (χ0) is 9.10. The van der Waals surface area contributed by atoms with Gasteiger partial charge in [-0.2, -0.15) is 0 Å². The van der Waals surface area contributed by atoms with Crippen LogP contribution in [0.15, 0.2) is 18.3 Å². The van der Waals surface area contributed by atoms with Crippen molar-refractivity contribution in [2.75, 3.05) is 38.1 Å². The summed E-state index contributed by atoms with van der Waals surface area (Å²) in [4.78, 5) is 8.67. The van der Waals surface area contributed by atoms with E-state index in [0.29, 0.717) is 0 Å². The van der Waals surface area contributed by atoms with Gasteiger partial charge in [0.25, 0.3) is 0 Å². The van der Waals surface area contributed by atoms with Crippen molar-refractivity contribution in [3.63, 3.8) is 0 Å². The predicted molar refractivity (Wildman–Crippen MR) is 52.8 cm³/mol. The number of pyridine rings is 1. The minimum absolute atomic E-state index is 1.08. The first-order valence-corrected chi connectivity index (χ1v) is 4.62. The number of anilines is 1. The van der Waals surface area contributed by atoms with Crippen LogP contribution in [0, 0.1) is 6.20 Å². The highest BCUT2D eigenvalue weighted by Crippen LogP contribution is 2.12. The second-order valence-corrected chi connectivity index (χ2v) is 3.42. The Morgan fingerprint density at radius 2 is 2.08 bits per heavy atom. The van der Waals surface area contributed by atoms with Gasteiger partial charge in [0.05, 0.1) is 5.69 Å². The summed E-state index contributed by atoms with van der Waals surface area (Å²) in [6.45, 7) is 4.42. The second kappa shape index (κ2) is 3.75. The van der Waals surface area contributed by atoms with Crippen molar-refractivity contribution in [1.29, 1.82) is 0 Å². The summed E-state index contributed by atoms with van der Waals surface area (Å²) >= 11 is 0. The van der Waals surface area contributed by atoms with E-state index in [1.165, 1.54) is 0 Å². The van der Waals surface area contributed by atoms with Crippen molar-refractivity contribution in [3.8, 4) is 0 Å². The largest absolute Gasteiger partial charge is 0.367 e. The summed E-state index contributed by atoms with van der Waals surface area (Å²) < 4.78 is 0. The number of nitrogens with zero attached hydrogens (tertiary/aromatic N) is 3. The fourth-order valence-corrected chi connectivity index (χ4v) is 1.54. The quantitative estimate of drug-likeness (QED) is 0.625. The molecule has 1 aromatic heterocycles. The summed E-state index contributed by atoms with van der Waals surface area (Å²) in [5.41, 5.74) is 1.12. The molecule has 0 unspecified atom stereocenters. The highest BCUT2D eigenvalue weighted by Gasteiger charge is 2.13. The average molecular weight is 176 g/mol. The van der Waals surface area contributed by atoms with Gasteiger partial charge < -0.3 is 9.80 Å². The zero-order valence-corrected chi connectivity index (χ0v) is 7.90. The summed E-state index contributed by atoms with van der Waals surface area (Å²) in [6, 6.07) is 4.03. The Bertz CT molecular complexity index is 252. The van der Waals surface area contributed by atoms with Crippen LogP contribution in [0.2, 0.25) is 0 Å². The number of hydrogen-bond acceptors (Lipinski definition) is 3. The third-order valence-electron chi connectivity index (χ3n) is 2.44. The zero-order valence-electron chi connectivity index (χ0n) is 7.90. The Morgan fingerprint density at radius 1 is 1.31 bits per heavy atom. The molecule has 13 heavy (non-hydrogen) atoms. The first-order valence-electron chi connectivity index (χ1n) is 4.62. The molecular weight excluding hydrogens is 162 g/mol. The molecule has 1 radical (unpaired) electrons. The van der Waals surface area contributed by atoms with Crippen LogP contribution >= 0.6 is 0 Å². The molecule has 69 valence electrons. The fraction of sp³-hybridized carbons (Fsp3) is 0.500. The third kappa shape index (κ3) is 1.98. The molecule has 2 heterocycles. The standard InChI is InChI=1S/C10H14N3/c1-12-5-7-13(8-6-12)10-3-2-4-11-9-10/h2-4H,5-8H2,1H3. The first-order chi connectivity index (χ1) is 6.36. The maximum absolute atomic E-state index is 4.00. The van der Waals surface area contributed by atoms with E-state index in [0.717, 1.165) is 31.9 Å². The molecule has 0 bridgehead atoms. The van der Waals surface area contributed by atoms with E-state index in [1.54, 1.807) is 6.20 Å². The van der Waals surface area contributed by atoms with Crippen molar-refractivity contribution in [1.82, 2.24) is 9.88 Å². The lowest BCUT2D eigenvalue weighted by molar-refractivity contribution is 0.312. The van der Waals surface area contributed by atoms with Crippen LogP contribution in [-0.4, -0.2) is 43.1 Å². The minimum Gasteiger partial charge on any atom is -0.367 e. The molecule has 0 atom stereocenters. The van der Waals surface area contributed by atoms with Crippen LogP contribution in [0.1, 0.15) is 0 Å². The van der Waals surface area contributed by atoms with E-state index in [9.17, 15) is 0 Å². The van der Waals surface area contributed by atoms with Gasteiger partial charge >= 0.3 is 0 Å². The van der Waals surface area contributed by atoms with Gasteiger partial charge in [0.1, 0.15) is 6.20 Å². The minimum atomic E-state index is 1.08. The normalized spacial score (nSPS) is 19.0. The van der Waals surface area contributed by atoms with Gasteiger partial charge in [-0.15, -0.1) is 0 Å². The average Bonchev–Trinajstić information content (AvgIpc) is 2.20. The van der Waals surface area contributed by atoms with Gasteiger partial charge in [0.2, 0.25) is 0 Å². The molecule has 2 rings (SSSR count). The topological polar surface area (TPSA) is 19.4 Å². The van der Waals surface area contributed by atoms with Gasteiger partial charge in [0.15, 0.2) is 0 Å². The van der Waals surface area contributed by atoms with Gasteiger partial charge in [-0.1, -0.05) is 0 Å². The van der Waals surface area contributed by atoms with E-state index in [1.807, 2.05) is 6.07 Å². The van der Waals surface area contributed by atoms with Crippen LogP contribution in [0.3, 0.4) is 0 Å². The Morgan fingerprint density at radius 3 is 2.69 bits per heavy atom. The van der Waals surface area contributed by atoms with Crippen LogP contribution in [0.4, 0.5) is 5.69 Å². The van der Waals surface area contributed by atoms with Crippen molar-refractivity contribution in [2.45, 2.75) is 0 Å². The van der Waals surface area contributed by atoms with E-state index in [2.05, 4.69) is 34.1 Å². The van der Waals surface area contributed by atoms with Crippen molar-refractivity contribution in [3.05, 3.63) is 24.5 Å². The number of piperazine rings is 1. The lowest BCUT2D eigenvalue weighted by Gasteiger charge is -2.33. The molecule has 1 aliphatic rings. The van der Waals surface area contributed by atoms with Crippen molar-refractivity contribution < 1.29 is 0 Å². The Hall–Kier alpha value is -1.09. The molecule has 3 nitrogen and oxygen atoms in total. The number of likely N-dealkylation sites (N-methyl/N-ethyl adjacent to an activating group) is 1. The Kier molecular flexibility index (Phi) is 2.45. The predicted octanol–water partition coefficient (Wildman–Crippen LogP) is 0.634. The molecule has 0 saturated carbocycles. The van der Waals surface area contributed by atoms with E-state index >= 15 is 0 Å². The van der Waals surface area contributed by atoms with Gasteiger partial charge in [-0.05, 0) is 19.2 Å². The molecule has 1 aromatic rings. The molecule has 1 saturated heterocycles. The lowest BCUT2D eigenvalue weighted by Crippen LogP contribution is -2.44. The summed E-state index contributed by atoms with van der Waals surface area (Å²) in [7, 11) is 2.16. The molecule has 3 heteroatoms. The molecule has 0 amide bonds. The maximum Gasteiger partial charge on any atom is 0.114 e. The highest BCUT2D eigenvalue weighted by molar-refractivity contribution is 5.42. The number of aromatic nitrogens is 1. The van der Waals surface area contributed by atoms with Crippen LogP contribution in [0.5, 0.6) is 0 Å². The second-order valence-electron chi connectivity index (χ2n) is 3.42. The summed E-state index contributed by atoms with van der Waals surface area (Å²) in [5.74, 6) is 0. The summed E-state index contributed by atoms with van der Waals surface area (Å²) in [6.07, 6.45) is 4.77. The maximum atomic E-state index is 4.00. The molecule has 1 aliphatic heterocycles. The number of rotatable bonds is 1.